The number of thiophene rings is 1. The average Bonchev–Trinajstić information content (AvgIpc) is 2.75. The van der Waals surface area contributed by atoms with Crippen LogP contribution in [-0.2, 0) is 6.42 Å². The molecule has 0 saturated carbocycles. The molecule has 88 valence electrons. The van der Waals surface area contributed by atoms with Gasteiger partial charge < -0.3 is 0 Å². The Hall–Kier alpha value is -1.41. The number of hydrogen-bond acceptors (Lipinski definition) is 2. The summed E-state index contributed by atoms with van der Waals surface area (Å²) in [5, 5.41) is 0. The lowest BCUT2D eigenvalue weighted by Gasteiger charge is -1.99. The lowest BCUT2D eigenvalue weighted by molar-refractivity contribution is 0.654. The van der Waals surface area contributed by atoms with Gasteiger partial charge in [-0.25, -0.2) is 0 Å². The van der Waals surface area contributed by atoms with Crippen molar-refractivity contribution in [2.45, 2.75) is 20.3 Å². The fourth-order valence-corrected chi connectivity index (χ4v) is 2.78. The fourth-order valence-electron chi connectivity index (χ4n) is 1.65. The van der Waals surface area contributed by atoms with Crippen molar-refractivity contribution >= 4 is 23.5 Å². The highest BCUT2D eigenvalue weighted by Crippen LogP contribution is 2.21. The summed E-state index contributed by atoms with van der Waals surface area (Å²) in [7, 11) is 0. The Kier molecular flexibility index (Phi) is 4.10. The normalized spacial score (nSPS) is 11.5. The quantitative estimate of drug-likeness (QED) is 0.769. The number of nitrogens with zero attached hydrogens (tertiary/aromatic N) is 1. The number of aromatic nitrogens is 1. The van der Waals surface area contributed by atoms with Gasteiger partial charge in [0.15, 0.2) is 0 Å². The summed E-state index contributed by atoms with van der Waals surface area (Å²) >= 11 is 1.88. The molecule has 0 radical (unpaired) electrons. The highest BCUT2D eigenvalue weighted by Gasteiger charge is 2.00. The second-order valence-electron chi connectivity index (χ2n) is 4.52. The van der Waals surface area contributed by atoms with Crippen molar-refractivity contribution in [2.75, 3.05) is 0 Å². The molecule has 2 heteroatoms. The largest absolute Gasteiger partial charge is 0.265 e. The van der Waals surface area contributed by atoms with E-state index in [0.717, 1.165) is 5.92 Å². The minimum Gasteiger partial charge on any atom is -0.265 e. The van der Waals surface area contributed by atoms with Crippen LogP contribution in [0.25, 0.3) is 12.2 Å². The molecule has 0 fully saturated rings. The van der Waals surface area contributed by atoms with Crippen molar-refractivity contribution < 1.29 is 0 Å². The van der Waals surface area contributed by atoms with Gasteiger partial charge in [-0.05, 0) is 48.2 Å². The van der Waals surface area contributed by atoms with Gasteiger partial charge in [-0.1, -0.05) is 19.9 Å². The van der Waals surface area contributed by atoms with Gasteiger partial charge in [-0.15, -0.1) is 11.3 Å². The zero-order chi connectivity index (χ0) is 12.1. The first-order valence-electron chi connectivity index (χ1n) is 5.91. The Morgan fingerprint density at radius 1 is 1.12 bits per heavy atom. The molecule has 0 aliphatic heterocycles. The van der Waals surface area contributed by atoms with E-state index in [1.807, 2.05) is 35.9 Å². The number of hydrogen-bond donors (Lipinski definition) is 0. The summed E-state index contributed by atoms with van der Waals surface area (Å²) in [6.45, 7) is 4.51. The summed E-state index contributed by atoms with van der Waals surface area (Å²) in [6.07, 6.45) is 9.11. The Bertz CT molecular complexity index is 483. The molecule has 0 spiro atoms. The van der Waals surface area contributed by atoms with Gasteiger partial charge in [0.05, 0.1) is 0 Å². The molecule has 2 heterocycles. The van der Waals surface area contributed by atoms with E-state index in [2.05, 4.69) is 43.1 Å². The van der Waals surface area contributed by atoms with Gasteiger partial charge in [-0.3, -0.25) is 4.98 Å². The monoisotopic (exact) mass is 243 g/mol. The van der Waals surface area contributed by atoms with Crippen LogP contribution in [0.1, 0.15) is 29.2 Å². The Balaban J connectivity index is 2.04. The van der Waals surface area contributed by atoms with Crippen LogP contribution in [0.5, 0.6) is 0 Å². The van der Waals surface area contributed by atoms with E-state index in [1.54, 1.807) is 0 Å². The van der Waals surface area contributed by atoms with Crippen LogP contribution in [0.3, 0.4) is 0 Å². The summed E-state index contributed by atoms with van der Waals surface area (Å²) in [4.78, 5) is 6.79. The molecular weight excluding hydrogens is 226 g/mol. The average molecular weight is 243 g/mol. The Morgan fingerprint density at radius 3 is 2.59 bits per heavy atom. The predicted molar refractivity (Wildman–Crippen MR) is 76.0 cm³/mol. The van der Waals surface area contributed by atoms with Gasteiger partial charge in [0.1, 0.15) is 0 Å². The molecule has 0 aliphatic rings. The van der Waals surface area contributed by atoms with E-state index in [-0.39, 0.29) is 0 Å². The smallest absolute Gasteiger partial charge is 0.0273 e. The fraction of sp³-hybridized carbons (Fsp3) is 0.267. The van der Waals surface area contributed by atoms with E-state index >= 15 is 0 Å². The third kappa shape index (κ3) is 3.82. The summed E-state index contributed by atoms with van der Waals surface area (Å²) in [5.74, 6) is 0.727. The lowest BCUT2D eigenvalue weighted by Crippen LogP contribution is -1.89. The van der Waals surface area contributed by atoms with Crippen LogP contribution in [0.2, 0.25) is 0 Å². The summed E-state index contributed by atoms with van der Waals surface area (Å²) in [5.41, 5.74) is 1.19. The van der Waals surface area contributed by atoms with Crippen LogP contribution in [0, 0.1) is 5.92 Å². The summed E-state index contributed by atoms with van der Waals surface area (Å²) in [6, 6.07) is 8.45. The molecule has 0 unspecified atom stereocenters. The van der Waals surface area contributed by atoms with Crippen LogP contribution in [0.4, 0.5) is 0 Å². The maximum Gasteiger partial charge on any atom is 0.0273 e. The van der Waals surface area contributed by atoms with Crippen LogP contribution < -0.4 is 0 Å². The third-order valence-electron chi connectivity index (χ3n) is 2.44. The lowest BCUT2D eigenvalue weighted by atomic mass is 10.1. The van der Waals surface area contributed by atoms with Gasteiger partial charge in [0, 0.05) is 22.1 Å². The molecule has 1 nitrogen and oxygen atoms in total. The molecule has 0 amide bonds. The predicted octanol–water partition coefficient (Wildman–Crippen LogP) is 4.51. The maximum atomic E-state index is 4.01. The molecule has 0 aliphatic carbocycles. The van der Waals surface area contributed by atoms with Crippen molar-refractivity contribution in [3.8, 4) is 0 Å². The van der Waals surface area contributed by atoms with Gasteiger partial charge in [-0.2, -0.15) is 0 Å². The highest BCUT2D eigenvalue weighted by molar-refractivity contribution is 7.12. The van der Waals surface area contributed by atoms with Gasteiger partial charge >= 0.3 is 0 Å². The molecule has 0 atom stereocenters. The van der Waals surface area contributed by atoms with Crippen molar-refractivity contribution in [2.24, 2.45) is 5.92 Å². The van der Waals surface area contributed by atoms with Crippen molar-refractivity contribution in [1.82, 2.24) is 4.98 Å². The standard InChI is InChI=1S/C15H17NS/c1-12(2)11-15-6-5-14(17-15)4-3-13-7-9-16-10-8-13/h3-10,12H,11H2,1-2H3/b4-3+. The number of rotatable bonds is 4. The van der Waals surface area contributed by atoms with E-state index in [1.165, 1.54) is 21.7 Å². The third-order valence-corrected chi connectivity index (χ3v) is 3.51. The molecular formula is C15H17NS. The zero-order valence-corrected chi connectivity index (χ0v) is 11.1. The molecule has 0 bridgehead atoms. The molecule has 2 aromatic heterocycles. The van der Waals surface area contributed by atoms with Gasteiger partial charge in [0.25, 0.3) is 0 Å². The topological polar surface area (TPSA) is 12.9 Å². The Morgan fingerprint density at radius 2 is 1.88 bits per heavy atom. The van der Waals surface area contributed by atoms with Crippen molar-refractivity contribution in [1.29, 1.82) is 0 Å². The molecule has 17 heavy (non-hydrogen) atoms. The van der Waals surface area contributed by atoms with Crippen molar-refractivity contribution in [3.63, 3.8) is 0 Å². The van der Waals surface area contributed by atoms with Gasteiger partial charge in [0.2, 0.25) is 0 Å². The molecule has 0 aromatic carbocycles. The SMILES string of the molecule is CC(C)Cc1ccc(/C=C/c2ccncc2)s1. The van der Waals surface area contributed by atoms with Crippen molar-refractivity contribution in [3.05, 3.63) is 52.0 Å². The van der Waals surface area contributed by atoms with E-state index in [0.29, 0.717) is 0 Å². The van der Waals surface area contributed by atoms with E-state index in [9.17, 15) is 0 Å². The minimum absolute atomic E-state index is 0.727. The molecule has 2 rings (SSSR count). The van der Waals surface area contributed by atoms with Crippen LogP contribution in [0.15, 0.2) is 36.7 Å². The van der Waals surface area contributed by atoms with E-state index < -0.39 is 0 Å². The first kappa shape index (κ1) is 12.1. The maximum absolute atomic E-state index is 4.01. The molecule has 0 N–H and O–H groups in total. The number of pyridine rings is 1. The first-order valence-corrected chi connectivity index (χ1v) is 6.72. The molecule has 2 aromatic rings. The van der Waals surface area contributed by atoms with Crippen LogP contribution in [-0.4, -0.2) is 4.98 Å². The second kappa shape index (κ2) is 5.78. The van der Waals surface area contributed by atoms with Crippen LogP contribution >= 0.6 is 11.3 Å². The van der Waals surface area contributed by atoms with E-state index in [4.69, 9.17) is 0 Å². The zero-order valence-electron chi connectivity index (χ0n) is 10.3. The highest BCUT2D eigenvalue weighted by atomic mass is 32.1. The first-order chi connectivity index (χ1) is 8.24. The minimum atomic E-state index is 0.727. The summed E-state index contributed by atoms with van der Waals surface area (Å²) < 4.78 is 0. The second-order valence-corrected chi connectivity index (χ2v) is 5.72. The molecule has 0 saturated heterocycles. The Labute approximate surface area is 107 Å².